The summed E-state index contributed by atoms with van der Waals surface area (Å²) in [6, 6.07) is 12.6. The first-order valence-electron chi connectivity index (χ1n) is 8.31. The van der Waals surface area contributed by atoms with Crippen LogP contribution in [0.1, 0.15) is 22.8 Å². The summed E-state index contributed by atoms with van der Waals surface area (Å²) in [7, 11) is 3.06. The lowest BCUT2D eigenvalue weighted by atomic mass is 10.1. The number of carbonyl (C=O) groups excluding carboxylic acids is 2. The normalized spacial score (nSPS) is 10.2. The Labute approximate surface area is 153 Å². The first-order valence-corrected chi connectivity index (χ1v) is 8.31. The summed E-state index contributed by atoms with van der Waals surface area (Å²) in [5, 5.41) is 2.83. The molecular formula is C20H24N2O4. The SMILES string of the molecule is COc1cc(OC)cc(C(=O)NCCN(C(C)=O)c2ccccc2C)c1. The summed E-state index contributed by atoms with van der Waals surface area (Å²) in [4.78, 5) is 26.1. The van der Waals surface area contributed by atoms with Crippen molar-refractivity contribution < 1.29 is 19.1 Å². The van der Waals surface area contributed by atoms with E-state index in [1.54, 1.807) is 23.1 Å². The largest absolute Gasteiger partial charge is 0.497 e. The second-order valence-corrected chi connectivity index (χ2v) is 5.81. The molecule has 1 N–H and O–H groups in total. The predicted octanol–water partition coefficient (Wildman–Crippen LogP) is 2.80. The molecule has 2 rings (SSSR count). The zero-order valence-electron chi connectivity index (χ0n) is 15.5. The monoisotopic (exact) mass is 356 g/mol. The van der Waals surface area contributed by atoms with E-state index in [-0.39, 0.29) is 11.8 Å². The molecule has 2 amide bonds. The van der Waals surface area contributed by atoms with E-state index in [4.69, 9.17) is 9.47 Å². The van der Waals surface area contributed by atoms with Crippen molar-refractivity contribution in [2.45, 2.75) is 13.8 Å². The van der Waals surface area contributed by atoms with Crippen LogP contribution in [-0.4, -0.2) is 39.1 Å². The van der Waals surface area contributed by atoms with Gasteiger partial charge >= 0.3 is 0 Å². The van der Waals surface area contributed by atoms with Gasteiger partial charge in [0, 0.05) is 37.3 Å². The molecule has 0 aliphatic carbocycles. The second kappa shape index (κ2) is 8.89. The number of rotatable bonds is 7. The molecule has 0 aliphatic heterocycles. The van der Waals surface area contributed by atoms with Crippen LogP contribution in [0.2, 0.25) is 0 Å². The molecule has 0 spiro atoms. The summed E-state index contributed by atoms with van der Waals surface area (Å²) in [5.41, 5.74) is 2.29. The molecule has 0 aliphatic rings. The van der Waals surface area contributed by atoms with Gasteiger partial charge < -0.3 is 19.7 Å². The van der Waals surface area contributed by atoms with Crippen molar-refractivity contribution >= 4 is 17.5 Å². The highest BCUT2D eigenvalue weighted by molar-refractivity contribution is 5.95. The van der Waals surface area contributed by atoms with Gasteiger partial charge in [-0.2, -0.15) is 0 Å². The third kappa shape index (κ3) is 4.75. The van der Waals surface area contributed by atoms with E-state index < -0.39 is 0 Å². The van der Waals surface area contributed by atoms with Crippen molar-refractivity contribution in [1.29, 1.82) is 0 Å². The fraction of sp³-hybridized carbons (Fsp3) is 0.300. The third-order valence-electron chi connectivity index (χ3n) is 4.02. The lowest BCUT2D eigenvalue weighted by Gasteiger charge is -2.23. The van der Waals surface area contributed by atoms with Crippen molar-refractivity contribution in [3.05, 3.63) is 53.6 Å². The Morgan fingerprint density at radius 2 is 1.65 bits per heavy atom. The van der Waals surface area contributed by atoms with Crippen molar-refractivity contribution in [2.24, 2.45) is 0 Å². The summed E-state index contributed by atoms with van der Waals surface area (Å²) < 4.78 is 10.4. The predicted molar refractivity (Wildman–Crippen MR) is 101 cm³/mol. The summed E-state index contributed by atoms with van der Waals surface area (Å²) in [6.45, 7) is 4.17. The van der Waals surface area contributed by atoms with Gasteiger partial charge in [-0.25, -0.2) is 0 Å². The Bertz CT molecular complexity index is 767. The van der Waals surface area contributed by atoms with E-state index in [9.17, 15) is 9.59 Å². The van der Waals surface area contributed by atoms with Crippen molar-refractivity contribution in [3.8, 4) is 11.5 Å². The molecule has 6 nitrogen and oxygen atoms in total. The maximum Gasteiger partial charge on any atom is 0.251 e. The van der Waals surface area contributed by atoms with Crippen LogP contribution in [0.25, 0.3) is 0 Å². The lowest BCUT2D eigenvalue weighted by Crippen LogP contribution is -2.37. The Balaban J connectivity index is 2.05. The zero-order valence-corrected chi connectivity index (χ0v) is 15.5. The number of hydrogen-bond acceptors (Lipinski definition) is 4. The fourth-order valence-electron chi connectivity index (χ4n) is 2.64. The Morgan fingerprint density at radius 1 is 1.04 bits per heavy atom. The van der Waals surface area contributed by atoms with Gasteiger partial charge in [0.1, 0.15) is 11.5 Å². The molecule has 0 unspecified atom stereocenters. The average molecular weight is 356 g/mol. The maximum atomic E-state index is 12.4. The molecule has 138 valence electrons. The highest BCUT2D eigenvalue weighted by Gasteiger charge is 2.14. The molecule has 0 aromatic heterocycles. The third-order valence-corrected chi connectivity index (χ3v) is 4.02. The van der Waals surface area contributed by atoms with Crippen LogP contribution in [-0.2, 0) is 4.79 Å². The molecule has 2 aromatic rings. The number of ether oxygens (including phenoxy) is 2. The first-order chi connectivity index (χ1) is 12.5. The van der Waals surface area contributed by atoms with Gasteiger partial charge in [-0.1, -0.05) is 18.2 Å². The summed E-state index contributed by atoms with van der Waals surface area (Å²) >= 11 is 0. The molecule has 0 heterocycles. The number of amides is 2. The average Bonchev–Trinajstić information content (AvgIpc) is 2.65. The van der Waals surface area contributed by atoms with E-state index >= 15 is 0 Å². The molecule has 0 radical (unpaired) electrons. The highest BCUT2D eigenvalue weighted by Crippen LogP contribution is 2.22. The zero-order chi connectivity index (χ0) is 19.1. The van der Waals surface area contributed by atoms with Crippen LogP contribution in [0.15, 0.2) is 42.5 Å². The van der Waals surface area contributed by atoms with Gasteiger partial charge in [-0.15, -0.1) is 0 Å². The second-order valence-electron chi connectivity index (χ2n) is 5.81. The van der Waals surface area contributed by atoms with Crippen LogP contribution in [0.4, 0.5) is 5.69 Å². The van der Waals surface area contributed by atoms with Gasteiger partial charge in [0.15, 0.2) is 0 Å². The van der Waals surface area contributed by atoms with Crippen molar-refractivity contribution in [3.63, 3.8) is 0 Å². The lowest BCUT2D eigenvalue weighted by molar-refractivity contribution is -0.116. The maximum absolute atomic E-state index is 12.4. The smallest absolute Gasteiger partial charge is 0.251 e. The van der Waals surface area contributed by atoms with Crippen LogP contribution >= 0.6 is 0 Å². The minimum Gasteiger partial charge on any atom is -0.497 e. The Morgan fingerprint density at radius 3 is 2.19 bits per heavy atom. The summed E-state index contributed by atoms with van der Waals surface area (Å²) in [5.74, 6) is 0.756. The van der Waals surface area contributed by atoms with E-state index in [0.717, 1.165) is 11.3 Å². The number of carbonyl (C=O) groups is 2. The van der Waals surface area contributed by atoms with Crippen LogP contribution in [0.5, 0.6) is 11.5 Å². The molecule has 0 saturated carbocycles. The topological polar surface area (TPSA) is 67.9 Å². The number of benzene rings is 2. The van der Waals surface area contributed by atoms with E-state index in [1.807, 2.05) is 31.2 Å². The molecular weight excluding hydrogens is 332 g/mol. The van der Waals surface area contributed by atoms with Gasteiger partial charge in [0.25, 0.3) is 5.91 Å². The van der Waals surface area contributed by atoms with E-state index in [0.29, 0.717) is 30.2 Å². The van der Waals surface area contributed by atoms with Crippen LogP contribution < -0.4 is 19.7 Å². The Hall–Kier alpha value is -3.02. The van der Waals surface area contributed by atoms with Gasteiger partial charge in [0.05, 0.1) is 14.2 Å². The van der Waals surface area contributed by atoms with Crippen molar-refractivity contribution in [2.75, 3.05) is 32.2 Å². The molecule has 26 heavy (non-hydrogen) atoms. The molecule has 2 aromatic carbocycles. The number of anilines is 1. The molecule has 0 bridgehead atoms. The van der Waals surface area contributed by atoms with Crippen molar-refractivity contribution in [1.82, 2.24) is 5.32 Å². The summed E-state index contributed by atoms with van der Waals surface area (Å²) in [6.07, 6.45) is 0. The van der Waals surface area contributed by atoms with Gasteiger partial charge in [-0.3, -0.25) is 9.59 Å². The molecule has 0 atom stereocenters. The van der Waals surface area contributed by atoms with Crippen LogP contribution in [0, 0.1) is 6.92 Å². The number of hydrogen-bond donors (Lipinski definition) is 1. The van der Waals surface area contributed by atoms with E-state index in [2.05, 4.69) is 5.32 Å². The fourth-order valence-corrected chi connectivity index (χ4v) is 2.64. The van der Waals surface area contributed by atoms with E-state index in [1.165, 1.54) is 21.1 Å². The molecule has 6 heteroatoms. The number of methoxy groups -OCH3 is 2. The number of nitrogens with one attached hydrogen (secondary N) is 1. The minimum absolute atomic E-state index is 0.0726. The van der Waals surface area contributed by atoms with Gasteiger partial charge in [0.2, 0.25) is 5.91 Å². The standard InChI is InChI=1S/C20H24N2O4/c1-14-7-5-6-8-19(14)22(15(2)23)10-9-21-20(24)16-11-17(25-3)13-18(12-16)26-4/h5-8,11-13H,9-10H2,1-4H3,(H,21,24). The first kappa shape index (κ1) is 19.3. The Kier molecular flexibility index (Phi) is 6.60. The molecule has 0 fully saturated rings. The minimum atomic E-state index is -0.254. The van der Waals surface area contributed by atoms with Gasteiger partial charge in [-0.05, 0) is 30.7 Å². The number of para-hydroxylation sites is 1. The quantitative estimate of drug-likeness (QED) is 0.828. The highest BCUT2D eigenvalue weighted by atomic mass is 16.5. The molecule has 0 saturated heterocycles. The van der Waals surface area contributed by atoms with Crippen LogP contribution in [0.3, 0.4) is 0 Å². The number of nitrogens with zero attached hydrogens (tertiary/aromatic N) is 1. The number of aryl methyl sites for hydroxylation is 1.